The highest BCUT2D eigenvalue weighted by atomic mass is 32.1. The largest absolute Gasteiger partial charge is 0.490 e. The summed E-state index contributed by atoms with van der Waals surface area (Å²) in [6, 6.07) is 9.87. The van der Waals surface area contributed by atoms with E-state index in [1.165, 1.54) is 23.5 Å². The summed E-state index contributed by atoms with van der Waals surface area (Å²) < 4.78 is 20.8. The van der Waals surface area contributed by atoms with Gasteiger partial charge in [-0.05, 0) is 43.7 Å². The number of nitrogens with zero attached hydrogens (tertiary/aromatic N) is 1. The SMILES string of the molecule is C#CCCCOc1cccc(NC(=O)c2ccc3nc(C)sc3c2)c1F. The first-order chi connectivity index (χ1) is 12.6. The van der Waals surface area contributed by atoms with Crippen molar-refractivity contribution in [3.63, 3.8) is 0 Å². The van der Waals surface area contributed by atoms with Crippen molar-refractivity contribution in [3.8, 4) is 18.1 Å². The van der Waals surface area contributed by atoms with Gasteiger partial charge in [-0.3, -0.25) is 4.79 Å². The van der Waals surface area contributed by atoms with Crippen LogP contribution >= 0.6 is 11.3 Å². The zero-order chi connectivity index (χ0) is 18.5. The van der Waals surface area contributed by atoms with Crippen molar-refractivity contribution in [2.75, 3.05) is 11.9 Å². The van der Waals surface area contributed by atoms with Crippen molar-refractivity contribution in [2.45, 2.75) is 19.8 Å². The summed E-state index contributed by atoms with van der Waals surface area (Å²) in [4.78, 5) is 16.8. The van der Waals surface area contributed by atoms with Gasteiger partial charge >= 0.3 is 0 Å². The molecule has 1 N–H and O–H groups in total. The van der Waals surface area contributed by atoms with Crippen LogP contribution in [0.25, 0.3) is 10.2 Å². The second-order valence-corrected chi connectivity index (χ2v) is 6.88. The lowest BCUT2D eigenvalue weighted by Crippen LogP contribution is -2.13. The third-order valence-electron chi connectivity index (χ3n) is 3.69. The number of ether oxygens (including phenoxy) is 1. The van der Waals surface area contributed by atoms with Crippen LogP contribution in [0.1, 0.15) is 28.2 Å². The summed E-state index contributed by atoms with van der Waals surface area (Å²) in [5.74, 6) is 1.61. The number of fused-ring (bicyclic) bond motifs is 1. The minimum absolute atomic E-state index is 0.0741. The Morgan fingerprint density at radius 2 is 2.23 bits per heavy atom. The fourth-order valence-corrected chi connectivity index (χ4v) is 3.32. The summed E-state index contributed by atoms with van der Waals surface area (Å²) in [6.45, 7) is 2.23. The average molecular weight is 368 g/mol. The number of aryl methyl sites for hydroxylation is 1. The molecule has 6 heteroatoms. The first-order valence-corrected chi connectivity index (χ1v) is 8.93. The molecule has 26 heavy (non-hydrogen) atoms. The molecular formula is C20H17FN2O2S. The molecule has 0 radical (unpaired) electrons. The molecule has 1 heterocycles. The molecule has 0 atom stereocenters. The molecular weight excluding hydrogens is 351 g/mol. The van der Waals surface area contributed by atoms with Crippen LogP contribution in [0.4, 0.5) is 10.1 Å². The maximum Gasteiger partial charge on any atom is 0.255 e. The van der Waals surface area contributed by atoms with E-state index in [0.29, 0.717) is 25.0 Å². The lowest BCUT2D eigenvalue weighted by atomic mass is 10.2. The third-order valence-corrected chi connectivity index (χ3v) is 4.63. The molecule has 4 nitrogen and oxygen atoms in total. The van der Waals surface area contributed by atoms with Crippen LogP contribution in [-0.4, -0.2) is 17.5 Å². The van der Waals surface area contributed by atoms with Gasteiger partial charge in [0.15, 0.2) is 11.6 Å². The van der Waals surface area contributed by atoms with Gasteiger partial charge in [0.25, 0.3) is 5.91 Å². The summed E-state index contributed by atoms with van der Waals surface area (Å²) in [5, 5.41) is 3.53. The van der Waals surface area contributed by atoms with Gasteiger partial charge in [0.2, 0.25) is 0 Å². The van der Waals surface area contributed by atoms with E-state index in [4.69, 9.17) is 11.2 Å². The topological polar surface area (TPSA) is 51.2 Å². The number of nitrogens with one attached hydrogen (secondary N) is 1. The maximum atomic E-state index is 14.5. The van der Waals surface area contributed by atoms with Crippen LogP contribution in [0.5, 0.6) is 5.75 Å². The van der Waals surface area contributed by atoms with E-state index in [0.717, 1.165) is 15.2 Å². The Kier molecular flexibility index (Phi) is 5.49. The van der Waals surface area contributed by atoms with E-state index < -0.39 is 5.82 Å². The minimum Gasteiger partial charge on any atom is -0.490 e. The van der Waals surface area contributed by atoms with Crippen LogP contribution in [0.15, 0.2) is 36.4 Å². The Hall–Kier alpha value is -2.91. The molecule has 0 bridgehead atoms. The van der Waals surface area contributed by atoms with Gasteiger partial charge in [-0.15, -0.1) is 23.7 Å². The molecule has 0 spiro atoms. The predicted molar refractivity (Wildman–Crippen MR) is 102 cm³/mol. The van der Waals surface area contributed by atoms with Crippen LogP contribution in [-0.2, 0) is 0 Å². The van der Waals surface area contributed by atoms with Crippen LogP contribution in [0.2, 0.25) is 0 Å². The van der Waals surface area contributed by atoms with Crippen LogP contribution in [0.3, 0.4) is 0 Å². The number of halogens is 1. The number of terminal acetylenes is 1. The van der Waals surface area contributed by atoms with Crippen molar-refractivity contribution >= 4 is 33.1 Å². The zero-order valence-corrected chi connectivity index (χ0v) is 15.0. The van der Waals surface area contributed by atoms with Crippen LogP contribution in [0, 0.1) is 25.1 Å². The second-order valence-electron chi connectivity index (χ2n) is 5.64. The molecule has 3 rings (SSSR count). The van der Waals surface area contributed by atoms with Gasteiger partial charge < -0.3 is 10.1 Å². The van der Waals surface area contributed by atoms with E-state index in [1.54, 1.807) is 24.3 Å². The number of rotatable bonds is 6. The Morgan fingerprint density at radius 3 is 3.04 bits per heavy atom. The van der Waals surface area contributed by atoms with E-state index in [-0.39, 0.29) is 17.3 Å². The monoisotopic (exact) mass is 368 g/mol. The predicted octanol–water partition coefficient (Wildman–Crippen LogP) is 4.79. The molecule has 0 fully saturated rings. The van der Waals surface area contributed by atoms with Gasteiger partial charge in [0.05, 0.1) is 27.5 Å². The fraction of sp³-hybridized carbons (Fsp3) is 0.200. The smallest absolute Gasteiger partial charge is 0.255 e. The molecule has 0 saturated heterocycles. The quantitative estimate of drug-likeness (QED) is 0.503. The molecule has 2 aromatic carbocycles. The lowest BCUT2D eigenvalue weighted by Gasteiger charge is -2.11. The molecule has 0 aliphatic carbocycles. The van der Waals surface area contributed by atoms with Crippen molar-refractivity contribution in [2.24, 2.45) is 0 Å². The van der Waals surface area contributed by atoms with E-state index in [2.05, 4.69) is 16.2 Å². The number of anilines is 1. The molecule has 1 amide bonds. The number of thiazole rings is 1. The Bertz CT molecular complexity index is 991. The van der Waals surface area contributed by atoms with Gasteiger partial charge in [-0.25, -0.2) is 9.37 Å². The second kappa shape index (κ2) is 7.98. The number of benzene rings is 2. The van der Waals surface area contributed by atoms with Crippen molar-refractivity contribution in [1.29, 1.82) is 0 Å². The standard InChI is InChI=1S/C20H17FN2O2S/c1-3-4-5-11-25-17-8-6-7-16(19(17)21)23-20(24)14-9-10-15-18(12-14)26-13(2)22-15/h1,6-10,12H,4-5,11H2,2H3,(H,23,24). The average Bonchev–Trinajstić information content (AvgIpc) is 3.00. The lowest BCUT2D eigenvalue weighted by molar-refractivity contribution is 0.102. The fourth-order valence-electron chi connectivity index (χ4n) is 2.45. The Balaban J connectivity index is 1.74. The number of amides is 1. The molecule has 3 aromatic rings. The number of hydrogen-bond acceptors (Lipinski definition) is 4. The van der Waals surface area contributed by atoms with Crippen molar-refractivity contribution in [1.82, 2.24) is 4.98 Å². The summed E-state index contributed by atoms with van der Waals surface area (Å²) in [7, 11) is 0. The molecule has 0 aliphatic heterocycles. The summed E-state index contributed by atoms with van der Waals surface area (Å²) in [5.41, 5.74) is 1.36. The van der Waals surface area contributed by atoms with Gasteiger partial charge in [-0.1, -0.05) is 6.07 Å². The van der Waals surface area contributed by atoms with E-state index >= 15 is 0 Å². The first-order valence-electron chi connectivity index (χ1n) is 8.12. The van der Waals surface area contributed by atoms with Crippen molar-refractivity contribution in [3.05, 3.63) is 52.8 Å². The maximum absolute atomic E-state index is 14.5. The normalized spacial score (nSPS) is 10.5. The highest BCUT2D eigenvalue weighted by Crippen LogP contribution is 2.26. The first kappa shape index (κ1) is 17.9. The Labute approximate surface area is 155 Å². The number of carbonyl (C=O) groups is 1. The van der Waals surface area contributed by atoms with E-state index in [9.17, 15) is 9.18 Å². The van der Waals surface area contributed by atoms with Crippen molar-refractivity contribution < 1.29 is 13.9 Å². The Morgan fingerprint density at radius 1 is 1.38 bits per heavy atom. The van der Waals surface area contributed by atoms with Gasteiger partial charge in [0, 0.05) is 12.0 Å². The summed E-state index contributed by atoms with van der Waals surface area (Å²) in [6.07, 6.45) is 6.38. The zero-order valence-electron chi connectivity index (χ0n) is 14.2. The van der Waals surface area contributed by atoms with Gasteiger partial charge in [-0.2, -0.15) is 0 Å². The molecule has 1 aromatic heterocycles. The molecule has 0 unspecified atom stereocenters. The molecule has 0 aliphatic rings. The van der Waals surface area contributed by atoms with Crippen LogP contribution < -0.4 is 10.1 Å². The molecule has 132 valence electrons. The number of aromatic nitrogens is 1. The van der Waals surface area contributed by atoms with Gasteiger partial charge in [0.1, 0.15) is 0 Å². The summed E-state index contributed by atoms with van der Waals surface area (Å²) >= 11 is 1.51. The van der Waals surface area contributed by atoms with E-state index in [1.807, 2.05) is 6.92 Å². The minimum atomic E-state index is -0.601. The third kappa shape index (κ3) is 4.01. The highest BCUT2D eigenvalue weighted by Gasteiger charge is 2.14. The highest BCUT2D eigenvalue weighted by molar-refractivity contribution is 7.18. The number of hydrogen-bond donors (Lipinski definition) is 1. The molecule has 0 saturated carbocycles. The number of unbranched alkanes of at least 4 members (excludes halogenated alkanes) is 1. The number of carbonyl (C=O) groups excluding carboxylic acids is 1.